The van der Waals surface area contributed by atoms with Crippen molar-refractivity contribution in [2.75, 3.05) is 5.32 Å². The molecule has 3 nitrogen and oxygen atoms in total. The van der Waals surface area contributed by atoms with Gasteiger partial charge in [0.15, 0.2) is 0 Å². The number of hydrogen-bond donors (Lipinski definition) is 2. The first-order valence-electron chi connectivity index (χ1n) is 5.93. The molecule has 0 spiro atoms. The van der Waals surface area contributed by atoms with E-state index < -0.39 is 0 Å². The molecule has 0 aliphatic carbocycles. The lowest BCUT2D eigenvalue weighted by Gasteiger charge is -2.13. The Morgan fingerprint density at radius 3 is 2.44 bits per heavy atom. The predicted molar refractivity (Wildman–Crippen MR) is 76.2 cm³/mol. The molecule has 1 aromatic carbocycles. The second kappa shape index (κ2) is 4.98. The Balaban J connectivity index is 1.98. The van der Waals surface area contributed by atoms with Crippen molar-refractivity contribution in [1.29, 1.82) is 0 Å². The lowest BCUT2D eigenvalue weighted by molar-refractivity contribution is 0.475. The number of aromatic nitrogens is 1. The maximum Gasteiger partial charge on any atom is 0.115 e. The van der Waals surface area contributed by atoms with Gasteiger partial charge in [0.1, 0.15) is 5.75 Å². The maximum absolute atomic E-state index is 9.20. The first-order chi connectivity index (χ1) is 8.45. The summed E-state index contributed by atoms with van der Waals surface area (Å²) in [4.78, 5) is 4.62. The predicted octanol–water partition coefficient (Wildman–Crippen LogP) is 3.76. The zero-order valence-corrected chi connectivity index (χ0v) is 11.7. The Morgan fingerprint density at radius 2 is 1.89 bits per heavy atom. The van der Waals surface area contributed by atoms with E-state index in [2.05, 4.69) is 36.5 Å². The summed E-state index contributed by atoms with van der Waals surface area (Å²) < 4.78 is 0. The van der Waals surface area contributed by atoms with Gasteiger partial charge in [0.05, 0.1) is 17.2 Å². The van der Waals surface area contributed by atoms with E-state index in [1.54, 1.807) is 23.5 Å². The molecule has 0 bridgehead atoms. The molecule has 1 heterocycles. The lowest BCUT2D eigenvalue weighted by atomic mass is 9.98. The van der Waals surface area contributed by atoms with Crippen LogP contribution < -0.4 is 5.32 Å². The van der Waals surface area contributed by atoms with Crippen LogP contribution in [-0.2, 0) is 12.0 Å². The summed E-state index contributed by atoms with van der Waals surface area (Å²) in [6.45, 7) is 7.21. The number of thiazole rings is 1. The van der Waals surface area contributed by atoms with Crippen molar-refractivity contribution in [1.82, 2.24) is 4.98 Å². The topological polar surface area (TPSA) is 45.2 Å². The van der Waals surface area contributed by atoms with Crippen LogP contribution in [-0.4, -0.2) is 10.1 Å². The number of phenolic OH excluding ortho intramolecular Hbond substituents is 1. The van der Waals surface area contributed by atoms with Gasteiger partial charge in [-0.15, -0.1) is 11.3 Å². The number of hydrogen-bond acceptors (Lipinski definition) is 4. The molecule has 2 rings (SSSR count). The van der Waals surface area contributed by atoms with Gasteiger partial charge in [0.25, 0.3) is 0 Å². The fraction of sp³-hybridized carbons (Fsp3) is 0.357. The standard InChI is InChI=1S/C14H18N2OS/c1-14(2,3)13-16-11(9-18-13)8-15-10-4-6-12(17)7-5-10/h4-7,9,15,17H,8H2,1-3H3. The van der Waals surface area contributed by atoms with E-state index >= 15 is 0 Å². The Bertz CT molecular complexity index is 511. The molecular formula is C14H18N2OS. The Kier molecular flexibility index (Phi) is 3.57. The van der Waals surface area contributed by atoms with Crippen LogP contribution >= 0.6 is 11.3 Å². The van der Waals surface area contributed by atoms with Crippen LogP contribution in [0.4, 0.5) is 5.69 Å². The monoisotopic (exact) mass is 262 g/mol. The second-order valence-electron chi connectivity index (χ2n) is 5.29. The summed E-state index contributed by atoms with van der Waals surface area (Å²) in [7, 11) is 0. The number of rotatable bonds is 3. The molecule has 0 aliphatic heterocycles. The minimum atomic E-state index is 0.113. The highest BCUT2D eigenvalue weighted by Crippen LogP contribution is 2.25. The summed E-state index contributed by atoms with van der Waals surface area (Å²) in [6.07, 6.45) is 0. The number of phenols is 1. The van der Waals surface area contributed by atoms with Gasteiger partial charge in [-0.05, 0) is 24.3 Å². The van der Waals surface area contributed by atoms with E-state index in [9.17, 15) is 5.11 Å². The van der Waals surface area contributed by atoms with E-state index in [0.717, 1.165) is 16.4 Å². The van der Waals surface area contributed by atoms with Crippen LogP contribution in [0, 0.1) is 0 Å². The van der Waals surface area contributed by atoms with Crippen LogP contribution in [0.2, 0.25) is 0 Å². The van der Waals surface area contributed by atoms with Gasteiger partial charge in [-0.2, -0.15) is 0 Å². The first kappa shape index (κ1) is 12.9. The molecule has 18 heavy (non-hydrogen) atoms. The SMILES string of the molecule is CC(C)(C)c1nc(CNc2ccc(O)cc2)cs1. The lowest BCUT2D eigenvalue weighted by Crippen LogP contribution is -2.11. The molecule has 2 aromatic rings. The molecule has 2 N–H and O–H groups in total. The molecule has 0 fully saturated rings. The highest BCUT2D eigenvalue weighted by molar-refractivity contribution is 7.09. The van der Waals surface area contributed by atoms with Crippen molar-refractivity contribution in [2.24, 2.45) is 0 Å². The van der Waals surface area contributed by atoms with Crippen LogP contribution in [0.3, 0.4) is 0 Å². The van der Waals surface area contributed by atoms with E-state index in [0.29, 0.717) is 6.54 Å². The van der Waals surface area contributed by atoms with Crippen molar-refractivity contribution < 1.29 is 5.11 Å². The molecular weight excluding hydrogens is 244 g/mol. The molecule has 0 radical (unpaired) electrons. The largest absolute Gasteiger partial charge is 0.508 e. The summed E-state index contributed by atoms with van der Waals surface area (Å²) in [5.41, 5.74) is 2.15. The third-order valence-corrected chi connectivity index (χ3v) is 3.85. The van der Waals surface area contributed by atoms with Crippen molar-refractivity contribution in [3.63, 3.8) is 0 Å². The Labute approximate surface area is 112 Å². The second-order valence-corrected chi connectivity index (χ2v) is 6.15. The molecule has 4 heteroatoms. The zero-order chi connectivity index (χ0) is 13.2. The van der Waals surface area contributed by atoms with E-state index in [-0.39, 0.29) is 11.2 Å². The van der Waals surface area contributed by atoms with Crippen LogP contribution in [0.25, 0.3) is 0 Å². The summed E-state index contributed by atoms with van der Waals surface area (Å²) in [6, 6.07) is 7.05. The average molecular weight is 262 g/mol. The zero-order valence-electron chi connectivity index (χ0n) is 10.9. The van der Waals surface area contributed by atoms with Crippen molar-refractivity contribution >= 4 is 17.0 Å². The van der Waals surface area contributed by atoms with E-state index in [1.807, 2.05) is 12.1 Å². The highest BCUT2D eigenvalue weighted by atomic mass is 32.1. The van der Waals surface area contributed by atoms with Gasteiger partial charge in [-0.25, -0.2) is 4.98 Å². The van der Waals surface area contributed by atoms with E-state index in [4.69, 9.17) is 0 Å². The van der Waals surface area contributed by atoms with Gasteiger partial charge in [-0.1, -0.05) is 20.8 Å². The fourth-order valence-corrected chi connectivity index (χ4v) is 2.41. The molecule has 0 saturated carbocycles. The van der Waals surface area contributed by atoms with Gasteiger partial charge in [0, 0.05) is 16.5 Å². The molecule has 0 unspecified atom stereocenters. The third-order valence-electron chi connectivity index (χ3n) is 2.53. The van der Waals surface area contributed by atoms with E-state index in [1.165, 1.54) is 0 Å². The van der Waals surface area contributed by atoms with Crippen molar-refractivity contribution in [3.8, 4) is 5.75 Å². The fourth-order valence-electron chi connectivity index (χ4n) is 1.50. The van der Waals surface area contributed by atoms with Gasteiger partial charge in [-0.3, -0.25) is 0 Å². The molecule has 0 saturated heterocycles. The minimum absolute atomic E-state index is 0.113. The molecule has 0 atom stereocenters. The molecule has 0 amide bonds. The summed E-state index contributed by atoms with van der Waals surface area (Å²) in [5, 5.41) is 15.7. The van der Waals surface area contributed by atoms with Crippen LogP contribution in [0.5, 0.6) is 5.75 Å². The number of nitrogens with one attached hydrogen (secondary N) is 1. The molecule has 96 valence electrons. The van der Waals surface area contributed by atoms with Gasteiger partial charge >= 0.3 is 0 Å². The molecule has 0 aliphatic rings. The summed E-state index contributed by atoms with van der Waals surface area (Å²) >= 11 is 1.70. The maximum atomic E-state index is 9.20. The van der Waals surface area contributed by atoms with Crippen molar-refractivity contribution in [3.05, 3.63) is 40.3 Å². The average Bonchev–Trinajstić information content (AvgIpc) is 2.77. The van der Waals surface area contributed by atoms with Crippen LogP contribution in [0.1, 0.15) is 31.5 Å². The normalized spacial score (nSPS) is 11.5. The summed E-state index contributed by atoms with van der Waals surface area (Å²) in [5.74, 6) is 0.282. The van der Waals surface area contributed by atoms with Gasteiger partial charge < -0.3 is 10.4 Å². The third kappa shape index (κ3) is 3.23. The van der Waals surface area contributed by atoms with Gasteiger partial charge in [0.2, 0.25) is 0 Å². The number of anilines is 1. The first-order valence-corrected chi connectivity index (χ1v) is 6.81. The van der Waals surface area contributed by atoms with Crippen molar-refractivity contribution in [2.45, 2.75) is 32.7 Å². The highest BCUT2D eigenvalue weighted by Gasteiger charge is 2.17. The quantitative estimate of drug-likeness (QED) is 0.828. The number of benzene rings is 1. The van der Waals surface area contributed by atoms with Crippen LogP contribution in [0.15, 0.2) is 29.6 Å². The number of nitrogens with zero attached hydrogens (tertiary/aromatic N) is 1. The Morgan fingerprint density at radius 1 is 1.22 bits per heavy atom. The Hall–Kier alpha value is -1.55. The minimum Gasteiger partial charge on any atom is -0.508 e. The molecule has 1 aromatic heterocycles. The number of aromatic hydroxyl groups is 1. The smallest absolute Gasteiger partial charge is 0.115 e.